The molecule has 0 atom stereocenters. The highest BCUT2D eigenvalue weighted by Crippen LogP contribution is 2.32. The van der Waals surface area contributed by atoms with Crippen LogP contribution in [0.5, 0.6) is 0 Å². The summed E-state index contributed by atoms with van der Waals surface area (Å²) in [6.45, 7) is 14.1. The first-order valence-corrected chi connectivity index (χ1v) is 5.32. The average Bonchev–Trinajstić information content (AvgIpc) is 1.85. The van der Waals surface area contributed by atoms with Crippen LogP contribution < -0.4 is 0 Å². The Morgan fingerprint density at radius 2 is 1.75 bits per heavy atom. The standard InChI is InChI=1S/C9H19NOSi/c1-7-12-10-11-9(5,6)8(2,3)4/h7,12H,1H2,2-6H3. The highest BCUT2D eigenvalue weighted by molar-refractivity contribution is 6.28. The maximum Gasteiger partial charge on any atom is 0.190 e. The number of hydrogen-bond acceptors (Lipinski definition) is 2. The third-order valence-electron chi connectivity index (χ3n) is 2.25. The number of hydrogen-bond donors (Lipinski definition) is 0. The molecule has 0 fully saturated rings. The molecule has 0 aromatic heterocycles. The molecule has 0 heterocycles. The molecule has 0 rings (SSSR count). The summed E-state index contributed by atoms with van der Waals surface area (Å²) in [4.78, 5) is 9.42. The lowest BCUT2D eigenvalue weighted by molar-refractivity contribution is -0.0871. The van der Waals surface area contributed by atoms with Crippen LogP contribution in [-0.2, 0) is 4.84 Å². The van der Waals surface area contributed by atoms with Crippen LogP contribution in [-0.4, -0.2) is 14.9 Å². The zero-order valence-electron chi connectivity index (χ0n) is 8.72. The van der Waals surface area contributed by atoms with Crippen molar-refractivity contribution in [2.75, 3.05) is 0 Å². The lowest BCUT2D eigenvalue weighted by Crippen LogP contribution is -2.38. The van der Waals surface area contributed by atoms with E-state index in [-0.39, 0.29) is 20.3 Å². The zero-order valence-corrected chi connectivity index (χ0v) is 9.87. The van der Waals surface area contributed by atoms with E-state index in [9.17, 15) is 0 Å². The summed E-state index contributed by atoms with van der Waals surface area (Å²) in [6, 6.07) is 0. The Labute approximate surface area is 77.5 Å². The van der Waals surface area contributed by atoms with Crippen LogP contribution in [0.1, 0.15) is 34.6 Å². The predicted octanol–water partition coefficient (Wildman–Crippen LogP) is 2.51. The van der Waals surface area contributed by atoms with E-state index in [1.165, 1.54) is 0 Å². The third kappa shape index (κ3) is 3.30. The van der Waals surface area contributed by atoms with E-state index in [2.05, 4.69) is 46.0 Å². The summed E-state index contributed by atoms with van der Waals surface area (Å²) in [7, 11) is -0.108. The molecule has 0 aromatic carbocycles. The Bertz CT molecular complexity index is 179. The summed E-state index contributed by atoms with van der Waals surface area (Å²) < 4.78 is 0. The molecule has 0 saturated heterocycles. The van der Waals surface area contributed by atoms with Crippen molar-refractivity contribution in [2.24, 2.45) is 10.2 Å². The van der Waals surface area contributed by atoms with Crippen molar-refractivity contribution in [1.29, 1.82) is 0 Å². The lowest BCUT2D eigenvalue weighted by Gasteiger charge is -2.36. The highest BCUT2D eigenvalue weighted by Gasteiger charge is 2.34. The number of rotatable bonds is 3. The molecule has 0 aliphatic heterocycles. The summed E-state index contributed by atoms with van der Waals surface area (Å²) >= 11 is 0. The van der Waals surface area contributed by atoms with E-state index >= 15 is 0 Å². The second-order valence-corrected chi connectivity index (χ2v) is 5.32. The second kappa shape index (κ2) is 3.98. The molecule has 0 radical (unpaired) electrons. The third-order valence-corrected chi connectivity index (χ3v) is 2.69. The van der Waals surface area contributed by atoms with E-state index in [1.54, 1.807) is 5.70 Å². The molecule has 0 unspecified atom stereocenters. The molecule has 0 N–H and O–H groups in total. The van der Waals surface area contributed by atoms with E-state index in [4.69, 9.17) is 4.84 Å². The van der Waals surface area contributed by atoms with Crippen molar-refractivity contribution in [2.45, 2.75) is 40.2 Å². The van der Waals surface area contributed by atoms with Crippen molar-refractivity contribution in [1.82, 2.24) is 0 Å². The molecule has 0 aromatic rings. The van der Waals surface area contributed by atoms with Crippen LogP contribution in [0, 0.1) is 5.41 Å². The topological polar surface area (TPSA) is 21.6 Å². The van der Waals surface area contributed by atoms with Crippen LogP contribution in [0.15, 0.2) is 17.1 Å². The Morgan fingerprint density at radius 1 is 1.25 bits per heavy atom. The Kier molecular flexibility index (Phi) is 3.84. The zero-order chi connectivity index (χ0) is 9.83. The first kappa shape index (κ1) is 11.6. The van der Waals surface area contributed by atoms with Gasteiger partial charge in [-0.25, -0.2) is 0 Å². The molecule has 0 aliphatic carbocycles. The SMILES string of the molecule is C=C[SiH]=NOC(C)(C)C(C)(C)C. The summed E-state index contributed by atoms with van der Waals surface area (Å²) in [5.74, 6) is 0. The Hall–Kier alpha value is -0.443. The monoisotopic (exact) mass is 185 g/mol. The fraction of sp³-hybridized carbons (Fsp3) is 0.778. The second-order valence-electron chi connectivity index (χ2n) is 4.34. The molecule has 12 heavy (non-hydrogen) atoms. The molecule has 0 saturated carbocycles. The summed E-state index contributed by atoms with van der Waals surface area (Å²) in [5.41, 5.74) is 1.71. The predicted molar refractivity (Wildman–Crippen MR) is 54.4 cm³/mol. The smallest absolute Gasteiger partial charge is 0.190 e. The molecule has 3 heteroatoms. The molecule has 70 valence electrons. The van der Waals surface area contributed by atoms with Gasteiger partial charge >= 0.3 is 0 Å². The van der Waals surface area contributed by atoms with Gasteiger partial charge in [-0.2, -0.15) is 4.80 Å². The van der Waals surface area contributed by atoms with Gasteiger partial charge in [0.15, 0.2) is 9.31 Å². The minimum absolute atomic E-state index is 0.108. The van der Waals surface area contributed by atoms with Gasteiger partial charge in [-0.05, 0) is 13.8 Å². The molecular formula is C9H19NOSi. The van der Waals surface area contributed by atoms with Crippen LogP contribution in [0.2, 0.25) is 0 Å². The molecular weight excluding hydrogens is 166 g/mol. The minimum Gasteiger partial charge on any atom is -0.400 e. The largest absolute Gasteiger partial charge is 0.400 e. The van der Waals surface area contributed by atoms with Gasteiger partial charge in [0.1, 0.15) is 5.60 Å². The molecule has 0 spiro atoms. The van der Waals surface area contributed by atoms with Crippen LogP contribution in [0.25, 0.3) is 0 Å². The normalized spacial score (nSPS) is 13.4. The van der Waals surface area contributed by atoms with Gasteiger partial charge in [-0.15, -0.1) is 6.58 Å². The summed E-state index contributed by atoms with van der Waals surface area (Å²) in [6.07, 6.45) is 0. The van der Waals surface area contributed by atoms with Gasteiger partial charge in [0.25, 0.3) is 0 Å². The molecule has 0 amide bonds. The number of nitrogens with zero attached hydrogens (tertiary/aromatic N) is 1. The van der Waals surface area contributed by atoms with Gasteiger partial charge < -0.3 is 4.84 Å². The first-order valence-electron chi connectivity index (χ1n) is 4.14. The summed E-state index contributed by atoms with van der Waals surface area (Å²) in [5, 5.41) is 0. The fourth-order valence-corrected chi connectivity index (χ4v) is 0.753. The van der Waals surface area contributed by atoms with Crippen LogP contribution >= 0.6 is 0 Å². The highest BCUT2D eigenvalue weighted by atomic mass is 28.2. The van der Waals surface area contributed by atoms with E-state index in [0.29, 0.717) is 0 Å². The first-order chi connectivity index (χ1) is 5.31. The van der Waals surface area contributed by atoms with Gasteiger partial charge in [0.05, 0.1) is 0 Å². The van der Waals surface area contributed by atoms with Crippen molar-refractivity contribution < 1.29 is 4.84 Å². The molecule has 0 bridgehead atoms. The maximum absolute atomic E-state index is 5.43. The van der Waals surface area contributed by atoms with Crippen molar-refractivity contribution in [3.63, 3.8) is 0 Å². The Morgan fingerprint density at radius 3 is 2.08 bits per heavy atom. The van der Waals surface area contributed by atoms with Crippen molar-refractivity contribution in [3.05, 3.63) is 12.3 Å². The molecule has 2 nitrogen and oxygen atoms in total. The van der Waals surface area contributed by atoms with Gasteiger partial charge in [-0.1, -0.05) is 26.5 Å². The van der Waals surface area contributed by atoms with E-state index in [1.807, 2.05) is 0 Å². The maximum atomic E-state index is 5.43. The van der Waals surface area contributed by atoms with Gasteiger partial charge in [0.2, 0.25) is 0 Å². The van der Waals surface area contributed by atoms with Crippen molar-refractivity contribution in [3.8, 4) is 0 Å². The lowest BCUT2D eigenvalue weighted by atomic mass is 9.79. The minimum atomic E-state index is -0.205. The van der Waals surface area contributed by atoms with Crippen LogP contribution in [0.3, 0.4) is 0 Å². The average molecular weight is 185 g/mol. The van der Waals surface area contributed by atoms with E-state index < -0.39 is 0 Å². The van der Waals surface area contributed by atoms with Gasteiger partial charge in [0, 0.05) is 5.41 Å². The fourth-order valence-electron chi connectivity index (χ4n) is 0.342. The Balaban J connectivity index is 4.23. The van der Waals surface area contributed by atoms with Crippen LogP contribution in [0.4, 0.5) is 0 Å². The quantitative estimate of drug-likeness (QED) is 0.489. The molecule has 0 aliphatic rings. The van der Waals surface area contributed by atoms with Gasteiger partial charge in [-0.3, -0.25) is 0 Å². The van der Waals surface area contributed by atoms with Crippen molar-refractivity contribution >= 4 is 9.31 Å². The van der Waals surface area contributed by atoms with E-state index in [0.717, 1.165) is 0 Å².